The number of hydrogen-bond donors (Lipinski definition) is 0. The van der Waals surface area contributed by atoms with Crippen molar-refractivity contribution in [3.63, 3.8) is 0 Å². The van der Waals surface area contributed by atoms with Gasteiger partial charge in [-0.05, 0) is 53.5 Å². The van der Waals surface area contributed by atoms with Gasteiger partial charge >= 0.3 is 0 Å². The molecule has 160 valence electrons. The Labute approximate surface area is 189 Å². The molecule has 1 fully saturated rings. The largest absolute Gasteiger partial charge is 0.493 e. The van der Waals surface area contributed by atoms with E-state index in [0.717, 1.165) is 54.7 Å². The van der Waals surface area contributed by atoms with E-state index < -0.39 is 5.41 Å². The molecule has 2 aliphatic rings. The number of nitrogens with zero attached hydrogens (tertiary/aromatic N) is 1. The van der Waals surface area contributed by atoms with Gasteiger partial charge in [0.25, 0.3) is 0 Å². The highest BCUT2D eigenvalue weighted by atomic mass is 16.5. The van der Waals surface area contributed by atoms with Crippen molar-refractivity contribution in [2.24, 2.45) is 11.8 Å². The number of carbonyl (C=O) groups excluding carboxylic acids is 1. The molecule has 0 spiro atoms. The molecule has 1 saturated carbocycles. The standard InChI is InChI=1S/C29H27NO2/c30-20-29(24-7-3-1-4-8-24,25-9-5-2-6-10-25)26-13-12-22(19-26)27(31)18-21-11-14-28-23(17-21)15-16-32-28/h1-11,14,17,22,26H,12-13,15-16,18-19H2/t22?,26-/m1/s1. The molecule has 0 bridgehead atoms. The zero-order chi connectivity index (χ0) is 22.0. The lowest BCUT2D eigenvalue weighted by atomic mass is 9.66. The zero-order valence-corrected chi connectivity index (χ0v) is 18.2. The minimum absolute atomic E-state index is 0.00431. The fourth-order valence-electron chi connectivity index (χ4n) is 5.62. The number of benzene rings is 3. The summed E-state index contributed by atoms with van der Waals surface area (Å²) < 4.78 is 5.59. The van der Waals surface area contributed by atoms with Crippen molar-refractivity contribution in [1.82, 2.24) is 0 Å². The maximum Gasteiger partial charge on any atom is 0.140 e. The Bertz CT molecular complexity index is 1110. The number of carbonyl (C=O) groups is 1. The highest BCUT2D eigenvalue weighted by Crippen LogP contribution is 2.48. The third kappa shape index (κ3) is 3.60. The van der Waals surface area contributed by atoms with Crippen molar-refractivity contribution >= 4 is 5.78 Å². The minimum atomic E-state index is -0.734. The van der Waals surface area contributed by atoms with Crippen LogP contribution in [0.2, 0.25) is 0 Å². The van der Waals surface area contributed by atoms with Crippen molar-refractivity contribution in [2.75, 3.05) is 6.61 Å². The minimum Gasteiger partial charge on any atom is -0.493 e. The van der Waals surface area contributed by atoms with Crippen molar-refractivity contribution in [2.45, 2.75) is 37.5 Å². The van der Waals surface area contributed by atoms with Crippen LogP contribution in [0, 0.1) is 23.2 Å². The van der Waals surface area contributed by atoms with Crippen LogP contribution in [-0.2, 0) is 23.1 Å². The van der Waals surface area contributed by atoms with Gasteiger partial charge in [0.2, 0.25) is 0 Å². The van der Waals surface area contributed by atoms with E-state index in [1.807, 2.05) is 48.5 Å². The smallest absolute Gasteiger partial charge is 0.140 e. The maximum atomic E-state index is 13.2. The van der Waals surface area contributed by atoms with Gasteiger partial charge < -0.3 is 4.74 Å². The number of hydrogen-bond acceptors (Lipinski definition) is 3. The highest BCUT2D eigenvalue weighted by Gasteiger charge is 2.46. The number of rotatable bonds is 6. The van der Waals surface area contributed by atoms with E-state index in [1.165, 1.54) is 5.56 Å². The Morgan fingerprint density at radius 3 is 2.31 bits per heavy atom. The second kappa shape index (κ2) is 8.63. The number of ketones is 1. The maximum absolute atomic E-state index is 13.2. The first kappa shape index (κ1) is 20.5. The summed E-state index contributed by atoms with van der Waals surface area (Å²) in [5.74, 6) is 1.36. The molecule has 0 radical (unpaired) electrons. The number of Topliss-reactive ketones (excluding diaryl/α,β-unsaturated/α-hetero) is 1. The molecule has 3 aromatic rings. The van der Waals surface area contributed by atoms with E-state index >= 15 is 0 Å². The second-order valence-electron chi connectivity index (χ2n) is 9.04. The molecule has 1 aliphatic heterocycles. The molecule has 1 heterocycles. The van der Waals surface area contributed by atoms with Crippen LogP contribution in [0.4, 0.5) is 0 Å². The molecule has 3 heteroatoms. The van der Waals surface area contributed by atoms with Crippen LogP contribution in [0.1, 0.15) is 41.5 Å². The van der Waals surface area contributed by atoms with Gasteiger partial charge in [0, 0.05) is 18.8 Å². The molecular weight excluding hydrogens is 394 g/mol. The average Bonchev–Trinajstić information content (AvgIpc) is 3.51. The Morgan fingerprint density at radius 1 is 0.969 bits per heavy atom. The normalized spacial score (nSPS) is 19.7. The number of ether oxygens (including phenoxy) is 1. The molecule has 0 aromatic heterocycles. The molecule has 3 nitrogen and oxygen atoms in total. The van der Waals surface area contributed by atoms with Gasteiger partial charge in [-0.1, -0.05) is 72.8 Å². The molecule has 1 unspecified atom stereocenters. The molecule has 0 N–H and O–H groups in total. The van der Waals surface area contributed by atoms with E-state index in [9.17, 15) is 10.1 Å². The monoisotopic (exact) mass is 421 g/mol. The van der Waals surface area contributed by atoms with Crippen LogP contribution in [0.25, 0.3) is 0 Å². The quantitative estimate of drug-likeness (QED) is 0.516. The molecule has 0 saturated heterocycles. The Hall–Kier alpha value is -3.38. The molecule has 32 heavy (non-hydrogen) atoms. The predicted octanol–water partition coefficient (Wildman–Crippen LogP) is 5.66. The van der Waals surface area contributed by atoms with Gasteiger partial charge in [-0.25, -0.2) is 0 Å². The van der Waals surface area contributed by atoms with Crippen molar-refractivity contribution in [1.29, 1.82) is 5.26 Å². The zero-order valence-electron chi connectivity index (χ0n) is 18.2. The van der Waals surface area contributed by atoms with Crippen LogP contribution < -0.4 is 4.74 Å². The van der Waals surface area contributed by atoms with Gasteiger partial charge in [0.15, 0.2) is 0 Å². The van der Waals surface area contributed by atoms with Crippen molar-refractivity contribution in [3.05, 3.63) is 101 Å². The fourth-order valence-corrected chi connectivity index (χ4v) is 5.62. The second-order valence-corrected chi connectivity index (χ2v) is 9.04. The molecule has 5 rings (SSSR count). The first-order valence-electron chi connectivity index (χ1n) is 11.5. The third-order valence-corrected chi connectivity index (χ3v) is 7.27. The Kier molecular flexibility index (Phi) is 5.53. The van der Waals surface area contributed by atoms with Gasteiger partial charge in [-0.15, -0.1) is 0 Å². The van der Waals surface area contributed by atoms with E-state index in [0.29, 0.717) is 12.2 Å². The lowest BCUT2D eigenvalue weighted by Crippen LogP contribution is -2.34. The summed E-state index contributed by atoms with van der Waals surface area (Å²) in [7, 11) is 0. The van der Waals surface area contributed by atoms with Crippen molar-refractivity contribution < 1.29 is 9.53 Å². The molecule has 2 atom stereocenters. The summed E-state index contributed by atoms with van der Waals surface area (Å²) in [5, 5.41) is 10.5. The summed E-state index contributed by atoms with van der Waals surface area (Å²) in [6, 6.07) is 29.0. The first-order valence-corrected chi connectivity index (χ1v) is 11.5. The van der Waals surface area contributed by atoms with E-state index in [4.69, 9.17) is 4.74 Å². The summed E-state index contributed by atoms with van der Waals surface area (Å²) >= 11 is 0. The number of fused-ring (bicyclic) bond motifs is 1. The molecule has 3 aromatic carbocycles. The highest BCUT2D eigenvalue weighted by molar-refractivity contribution is 5.83. The molecule has 1 aliphatic carbocycles. The third-order valence-electron chi connectivity index (χ3n) is 7.27. The van der Waals surface area contributed by atoms with Crippen molar-refractivity contribution in [3.8, 4) is 11.8 Å². The summed E-state index contributed by atoms with van der Waals surface area (Å²) in [5.41, 5.74) is 3.58. The summed E-state index contributed by atoms with van der Waals surface area (Å²) in [6.45, 7) is 0.728. The van der Waals surface area contributed by atoms with E-state index in [1.54, 1.807) is 0 Å². The Morgan fingerprint density at radius 2 is 1.66 bits per heavy atom. The van der Waals surface area contributed by atoms with Crippen LogP contribution >= 0.6 is 0 Å². The summed E-state index contributed by atoms with van der Waals surface area (Å²) in [6.07, 6.45) is 3.86. The predicted molar refractivity (Wildman–Crippen MR) is 124 cm³/mol. The Balaban J connectivity index is 1.39. The van der Waals surface area contributed by atoms with Crippen LogP contribution in [-0.4, -0.2) is 12.4 Å². The lowest BCUT2D eigenvalue weighted by molar-refractivity contribution is -0.122. The fraction of sp³-hybridized carbons (Fsp3) is 0.310. The van der Waals surface area contributed by atoms with Gasteiger partial charge in [0.05, 0.1) is 12.7 Å². The van der Waals surface area contributed by atoms with Gasteiger partial charge in [-0.2, -0.15) is 5.26 Å². The van der Waals surface area contributed by atoms with E-state index in [-0.39, 0.29) is 11.8 Å². The lowest BCUT2D eigenvalue weighted by Gasteiger charge is -2.34. The summed E-state index contributed by atoms with van der Waals surface area (Å²) in [4.78, 5) is 13.2. The number of nitriles is 1. The topological polar surface area (TPSA) is 50.1 Å². The molecule has 0 amide bonds. The van der Waals surface area contributed by atoms with Gasteiger partial charge in [-0.3, -0.25) is 4.79 Å². The van der Waals surface area contributed by atoms with Gasteiger partial charge in [0.1, 0.15) is 16.9 Å². The molecular formula is C29H27NO2. The SMILES string of the molecule is N#CC(c1ccccc1)(c1ccccc1)[C@@H]1CCC(C(=O)Cc2ccc3c(c2)CCO3)C1. The van der Waals surface area contributed by atoms with Crippen LogP contribution in [0.3, 0.4) is 0 Å². The average molecular weight is 422 g/mol. The first-order chi connectivity index (χ1) is 15.7. The van der Waals surface area contributed by atoms with E-state index in [2.05, 4.69) is 36.4 Å². The van der Waals surface area contributed by atoms with Crippen LogP contribution in [0.15, 0.2) is 78.9 Å². The van der Waals surface area contributed by atoms with Crippen LogP contribution in [0.5, 0.6) is 5.75 Å².